The first kappa shape index (κ1) is 14.3. The van der Waals surface area contributed by atoms with Crippen molar-refractivity contribution in [2.45, 2.75) is 25.5 Å². The molecule has 96 valence electrons. The van der Waals surface area contributed by atoms with Crippen molar-refractivity contribution in [2.75, 3.05) is 37.7 Å². The fraction of sp³-hybridized carbons (Fsp3) is 1.00. The topological polar surface area (TPSA) is 49.4 Å². The zero-order chi connectivity index (χ0) is 12.0. The summed E-state index contributed by atoms with van der Waals surface area (Å²) < 4.78 is 26.1. The molecule has 0 aromatic heterocycles. The number of nitrogens with zero attached hydrogens (tertiary/aromatic N) is 1. The van der Waals surface area contributed by atoms with E-state index in [9.17, 15) is 8.42 Å². The maximum Gasteiger partial charge on any atom is 0.217 e. The normalized spacial score (nSPS) is 21.6. The van der Waals surface area contributed by atoms with Gasteiger partial charge in [-0.1, -0.05) is 6.92 Å². The highest BCUT2D eigenvalue weighted by Crippen LogP contribution is 2.16. The van der Waals surface area contributed by atoms with Gasteiger partial charge in [-0.25, -0.2) is 12.7 Å². The molecule has 1 rings (SSSR count). The van der Waals surface area contributed by atoms with Crippen LogP contribution >= 0.6 is 11.8 Å². The molecule has 1 aliphatic heterocycles. The van der Waals surface area contributed by atoms with Crippen LogP contribution in [0.2, 0.25) is 0 Å². The number of hydrogen-bond donors (Lipinski definition) is 1. The molecule has 1 unspecified atom stereocenters. The van der Waals surface area contributed by atoms with Gasteiger partial charge >= 0.3 is 0 Å². The lowest BCUT2D eigenvalue weighted by atomic mass is 10.5. The summed E-state index contributed by atoms with van der Waals surface area (Å²) in [7, 11) is -3.10. The maximum absolute atomic E-state index is 12.2. The summed E-state index contributed by atoms with van der Waals surface area (Å²) in [6, 6.07) is 0. The Balaban J connectivity index is 2.59. The average Bonchev–Trinajstić information content (AvgIpc) is 2.54. The minimum atomic E-state index is -3.10. The van der Waals surface area contributed by atoms with Crippen LogP contribution in [0.25, 0.3) is 0 Å². The highest BCUT2D eigenvalue weighted by molar-refractivity contribution is 7.99. The number of hydrogen-bond acceptors (Lipinski definition) is 4. The molecule has 0 bridgehead atoms. The molecule has 1 atom stereocenters. The minimum Gasteiger partial charge on any atom is -0.316 e. The summed E-state index contributed by atoms with van der Waals surface area (Å²) in [5.41, 5.74) is 0. The maximum atomic E-state index is 12.2. The Bertz CT molecular complexity index is 285. The van der Waals surface area contributed by atoms with Gasteiger partial charge in [-0.05, 0) is 25.6 Å². The van der Waals surface area contributed by atoms with Gasteiger partial charge in [0.15, 0.2) is 0 Å². The first-order chi connectivity index (χ1) is 7.59. The summed E-state index contributed by atoms with van der Waals surface area (Å²) in [5, 5.41) is 2.77. The molecule has 1 fully saturated rings. The summed E-state index contributed by atoms with van der Waals surface area (Å²) in [6.07, 6.45) is 0.970. The Hall–Kier alpha value is 0.220. The molecule has 0 saturated carbocycles. The molecule has 4 nitrogen and oxygen atoms in total. The van der Waals surface area contributed by atoms with Crippen LogP contribution in [0, 0.1) is 0 Å². The van der Waals surface area contributed by atoms with Crippen LogP contribution in [0.3, 0.4) is 0 Å². The third kappa shape index (κ3) is 3.91. The van der Waals surface area contributed by atoms with Gasteiger partial charge in [0, 0.05) is 25.4 Å². The summed E-state index contributed by atoms with van der Waals surface area (Å²) >= 11 is 1.84. The predicted octanol–water partition coefficient (Wildman–Crippen LogP) is 0.753. The van der Waals surface area contributed by atoms with Gasteiger partial charge in [-0.3, -0.25) is 0 Å². The first-order valence-corrected chi connectivity index (χ1v) is 8.52. The number of thioether (sulfide) groups is 1. The fourth-order valence-corrected chi connectivity index (χ4v) is 4.25. The van der Waals surface area contributed by atoms with E-state index in [0.29, 0.717) is 19.6 Å². The second kappa shape index (κ2) is 6.83. The van der Waals surface area contributed by atoms with Gasteiger partial charge in [0.1, 0.15) is 0 Å². The standard InChI is InChI=1S/C10H22N2O2S2/c1-3-11-9-10(2)16(13,14)12-5-4-7-15-8-6-12/h10-11H,3-9H2,1-2H3. The van der Waals surface area contributed by atoms with E-state index in [-0.39, 0.29) is 5.25 Å². The van der Waals surface area contributed by atoms with Crippen molar-refractivity contribution in [3.63, 3.8) is 0 Å². The van der Waals surface area contributed by atoms with E-state index < -0.39 is 10.0 Å². The van der Waals surface area contributed by atoms with Gasteiger partial charge in [0.25, 0.3) is 0 Å². The monoisotopic (exact) mass is 266 g/mol. The number of rotatable bonds is 5. The van der Waals surface area contributed by atoms with Crippen LogP contribution in [0.5, 0.6) is 0 Å². The van der Waals surface area contributed by atoms with Gasteiger partial charge in [0.05, 0.1) is 5.25 Å². The van der Waals surface area contributed by atoms with Gasteiger partial charge in [0.2, 0.25) is 10.0 Å². The van der Waals surface area contributed by atoms with Crippen LogP contribution in [0.1, 0.15) is 20.3 Å². The lowest BCUT2D eigenvalue weighted by molar-refractivity contribution is 0.425. The van der Waals surface area contributed by atoms with Crippen molar-refractivity contribution in [3.05, 3.63) is 0 Å². The van der Waals surface area contributed by atoms with E-state index in [0.717, 1.165) is 24.5 Å². The zero-order valence-electron chi connectivity index (χ0n) is 10.1. The van der Waals surface area contributed by atoms with Crippen LogP contribution < -0.4 is 5.32 Å². The average molecular weight is 266 g/mol. The lowest BCUT2D eigenvalue weighted by Gasteiger charge is -2.24. The van der Waals surface area contributed by atoms with Crippen LogP contribution in [0.4, 0.5) is 0 Å². The lowest BCUT2D eigenvalue weighted by Crippen LogP contribution is -2.42. The Morgan fingerprint density at radius 2 is 2.12 bits per heavy atom. The second-order valence-corrected chi connectivity index (χ2v) is 7.60. The first-order valence-electron chi connectivity index (χ1n) is 5.86. The predicted molar refractivity (Wildman–Crippen MR) is 70.4 cm³/mol. The summed E-state index contributed by atoms with van der Waals surface area (Å²) in [6.45, 7) is 6.49. The highest BCUT2D eigenvalue weighted by atomic mass is 32.2. The largest absolute Gasteiger partial charge is 0.316 e. The van der Waals surface area contributed by atoms with E-state index in [1.165, 1.54) is 0 Å². The molecular weight excluding hydrogens is 244 g/mol. The SMILES string of the molecule is CCNCC(C)S(=O)(=O)N1CCCSCC1. The van der Waals surface area contributed by atoms with Crippen LogP contribution in [-0.2, 0) is 10.0 Å². The molecule has 6 heteroatoms. The van der Waals surface area contributed by atoms with Crippen molar-refractivity contribution < 1.29 is 8.42 Å². The molecule has 0 aromatic rings. The molecule has 1 heterocycles. The van der Waals surface area contributed by atoms with Gasteiger partial charge < -0.3 is 5.32 Å². The fourth-order valence-electron chi connectivity index (χ4n) is 1.69. The molecule has 16 heavy (non-hydrogen) atoms. The van der Waals surface area contributed by atoms with Crippen molar-refractivity contribution >= 4 is 21.8 Å². The van der Waals surface area contributed by atoms with Crippen LogP contribution in [-0.4, -0.2) is 55.7 Å². The molecule has 1 N–H and O–H groups in total. The molecule has 0 aromatic carbocycles. The van der Waals surface area contributed by atoms with E-state index in [1.807, 2.05) is 18.7 Å². The Kier molecular flexibility index (Phi) is 6.10. The number of nitrogens with one attached hydrogen (secondary N) is 1. The highest BCUT2D eigenvalue weighted by Gasteiger charge is 2.28. The summed E-state index contributed by atoms with van der Waals surface area (Å²) in [5.74, 6) is 2.00. The minimum absolute atomic E-state index is 0.324. The van der Waals surface area contributed by atoms with E-state index >= 15 is 0 Å². The van der Waals surface area contributed by atoms with Crippen LogP contribution in [0.15, 0.2) is 0 Å². The molecular formula is C10H22N2O2S2. The molecule has 0 amide bonds. The zero-order valence-corrected chi connectivity index (χ0v) is 11.7. The molecule has 0 radical (unpaired) electrons. The van der Waals surface area contributed by atoms with Crippen molar-refractivity contribution in [3.8, 4) is 0 Å². The third-order valence-corrected chi connectivity index (χ3v) is 6.05. The van der Waals surface area contributed by atoms with Gasteiger partial charge in [-0.2, -0.15) is 11.8 Å². The molecule has 1 aliphatic rings. The molecule has 0 aliphatic carbocycles. The Morgan fingerprint density at radius 3 is 2.81 bits per heavy atom. The Labute approximate surface area is 103 Å². The molecule has 0 spiro atoms. The Morgan fingerprint density at radius 1 is 1.38 bits per heavy atom. The van der Waals surface area contributed by atoms with Crippen molar-refractivity contribution in [2.24, 2.45) is 0 Å². The van der Waals surface area contributed by atoms with Crippen molar-refractivity contribution in [1.82, 2.24) is 9.62 Å². The second-order valence-electron chi connectivity index (χ2n) is 4.03. The van der Waals surface area contributed by atoms with E-state index in [1.54, 1.807) is 11.2 Å². The number of sulfonamides is 1. The quantitative estimate of drug-likeness (QED) is 0.798. The smallest absolute Gasteiger partial charge is 0.217 e. The molecule has 1 saturated heterocycles. The summed E-state index contributed by atoms with van der Waals surface area (Å²) in [4.78, 5) is 0. The van der Waals surface area contributed by atoms with Crippen molar-refractivity contribution in [1.29, 1.82) is 0 Å². The third-order valence-electron chi connectivity index (χ3n) is 2.73. The van der Waals surface area contributed by atoms with Gasteiger partial charge in [-0.15, -0.1) is 0 Å². The van der Waals surface area contributed by atoms with E-state index in [4.69, 9.17) is 0 Å². The van der Waals surface area contributed by atoms with E-state index in [2.05, 4.69) is 5.32 Å².